The Kier molecular flexibility index (Phi) is 9.59. The Hall–Kier alpha value is -3.42. The Morgan fingerprint density at radius 2 is 1.74 bits per heavy atom. The number of piperidine rings is 1. The summed E-state index contributed by atoms with van der Waals surface area (Å²) < 4.78 is 5.38. The van der Waals surface area contributed by atoms with E-state index in [0.29, 0.717) is 13.0 Å². The summed E-state index contributed by atoms with van der Waals surface area (Å²) in [6.07, 6.45) is 1.33. The largest absolute Gasteiger partial charge is 0.444 e. The lowest BCUT2D eigenvalue weighted by atomic mass is 9.85. The van der Waals surface area contributed by atoms with E-state index in [0.717, 1.165) is 0 Å². The van der Waals surface area contributed by atoms with Crippen LogP contribution in [0.4, 0.5) is 4.79 Å². The van der Waals surface area contributed by atoms with E-state index in [4.69, 9.17) is 10.00 Å². The molecule has 1 saturated heterocycles. The predicted molar refractivity (Wildman–Crippen MR) is 144 cm³/mol. The van der Waals surface area contributed by atoms with Crippen LogP contribution < -0.4 is 16.0 Å². The van der Waals surface area contributed by atoms with E-state index >= 15 is 0 Å². The van der Waals surface area contributed by atoms with Gasteiger partial charge in [0.1, 0.15) is 24.2 Å². The Morgan fingerprint density at radius 3 is 2.26 bits per heavy atom. The molecule has 1 saturated carbocycles. The third-order valence-corrected chi connectivity index (χ3v) is 7.38. The number of nitrogens with one attached hydrogen (secondary N) is 3. The molecule has 4 amide bonds. The van der Waals surface area contributed by atoms with Gasteiger partial charge in [-0.3, -0.25) is 19.2 Å². The van der Waals surface area contributed by atoms with Gasteiger partial charge < -0.3 is 25.6 Å². The maximum atomic E-state index is 13.9. The number of ketones is 1. The number of nitrogens with zero attached hydrogens (tertiary/aromatic N) is 2. The van der Waals surface area contributed by atoms with Crippen molar-refractivity contribution in [2.24, 2.45) is 22.7 Å². The van der Waals surface area contributed by atoms with Crippen LogP contribution in [0.15, 0.2) is 12.7 Å². The lowest BCUT2D eigenvalue weighted by Crippen LogP contribution is -2.60. The van der Waals surface area contributed by atoms with Gasteiger partial charge >= 0.3 is 6.09 Å². The molecule has 5 atom stereocenters. The number of rotatable bonds is 10. The van der Waals surface area contributed by atoms with E-state index in [1.807, 2.05) is 34.6 Å². The second kappa shape index (κ2) is 11.8. The van der Waals surface area contributed by atoms with Gasteiger partial charge in [-0.25, -0.2) is 4.79 Å². The highest BCUT2D eigenvalue weighted by atomic mass is 16.6. The van der Waals surface area contributed by atoms with Gasteiger partial charge in [0, 0.05) is 6.54 Å². The third-order valence-electron chi connectivity index (χ3n) is 7.38. The van der Waals surface area contributed by atoms with Crippen LogP contribution in [0, 0.1) is 34.0 Å². The van der Waals surface area contributed by atoms with E-state index in [2.05, 4.69) is 22.5 Å². The molecule has 2 fully saturated rings. The molecule has 39 heavy (non-hydrogen) atoms. The maximum Gasteiger partial charge on any atom is 0.408 e. The summed E-state index contributed by atoms with van der Waals surface area (Å²) in [4.78, 5) is 66.7. The van der Waals surface area contributed by atoms with Crippen molar-refractivity contribution < 1.29 is 28.7 Å². The first-order valence-electron chi connectivity index (χ1n) is 13.3. The smallest absolute Gasteiger partial charge is 0.408 e. The minimum atomic E-state index is -1.15. The molecule has 2 rings (SSSR count). The first kappa shape index (κ1) is 31.8. The lowest BCUT2D eigenvalue weighted by Gasteiger charge is -2.38. The van der Waals surface area contributed by atoms with Gasteiger partial charge in [-0.2, -0.15) is 5.26 Å². The van der Waals surface area contributed by atoms with Crippen LogP contribution in [-0.2, 0) is 23.9 Å². The normalized spacial score (nSPS) is 22.8. The fraction of sp³-hybridized carbons (Fsp3) is 0.714. The van der Waals surface area contributed by atoms with Crippen LogP contribution in [0.3, 0.4) is 0 Å². The van der Waals surface area contributed by atoms with Gasteiger partial charge in [-0.1, -0.05) is 40.7 Å². The number of carbonyl (C=O) groups excluding carboxylic acids is 5. The number of hydrogen-bond acceptors (Lipinski definition) is 7. The molecular weight excluding hydrogens is 502 g/mol. The minimum absolute atomic E-state index is 0.0700. The Morgan fingerprint density at radius 1 is 1.13 bits per heavy atom. The number of Topliss-reactive ketones (excluding diaryl/α,β-unsaturated/α-hetero) is 1. The molecule has 1 aliphatic carbocycles. The van der Waals surface area contributed by atoms with Crippen molar-refractivity contribution in [2.75, 3.05) is 13.1 Å². The summed E-state index contributed by atoms with van der Waals surface area (Å²) in [5.74, 6) is -2.88. The molecule has 11 heteroatoms. The van der Waals surface area contributed by atoms with Crippen molar-refractivity contribution >= 4 is 29.6 Å². The van der Waals surface area contributed by atoms with E-state index < -0.39 is 58.7 Å². The average Bonchev–Trinajstić information content (AvgIpc) is 3.14. The molecule has 216 valence electrons. The van der Waals surface area contributed by atoms with Crippen molar-refractivity contribution in [2.45, 2.75) is 92.0 Å². The van der Waals surface area contributed by atoms with Crippen molar-refractivity contribution in [3.05, 3.63) is 12.7 Å². The minimum Gasteiger partial charge on any atom is -0.444 e. The number of fused-ring (bicyclic) bond motifs is 1. The van der Waals surface area contributed by atoms with Crippen molar-refractivity contribution in [3.63, 3.8) is 0 Å². The van der Waals surface area contributed by atoms with E-state index in [-0.39, 0.29) is 30.2 Å². The number of likely N-dealkylation sites (tertiary alicyclic amines) is 1. The van der Waals surface area contributed by atoms with Crippen molar-refractivity contribution in [3.8, 4) is 6.07 Å². The molecule has 0 spiro atoms. The molecule has 1 heterocycles. The second-order valence-electron chi connectivity index (χ2n) is 13.0. The average molecular weight is 546 g/mol. The molecule has 0 radical (unpaired) electrons. The van der Waals surface area contributed by atoms with Gasteiger partial charge in [0.05, 0.1) is 12.1 Å². The van der Waals surface area contributed by atoms with Crippen molar-refractivity contribution in [1.82, 2.24) is 20.9 Å². The zero-order valence-corrected chi connectivity index (χ0v) is 24.3. The van der Waals surface area contributed by atoms with Crippen LogP contribution in [0.2, 0.25) is 0 Å². The number of carbonyl (C=O) groups is 5. The Labute approximate surface area is 231 Å². The van der Waals surface area contributed by atoms with Gasteiger partial charge in [0.15, 0.2) is 0 Å². The molecule has 0 bridgehead atoms. The number of allylic oxidation sites excluding steroid dienone is 1. The number of hydrogen-bond donors (Lipinski definition) is 3. The topological polar surface area (TPSA) is 158 Å². The zero-order valence-electron chi connectivity index (χ0n) is 24.3. The maximum absolute atomic E-state index is 13.9. The quantitative estimate of drug-likeness (QED) is 0.215. The van der Waals surface area contributed by atoms with Gasteiger partial charge in [-0.05, 0) is 56.3 Å². The summed E-state index contributed by atoms with van der Waals surface area (Å²) in [6, 6.07) is -1.27. The highest BCUT2D eigenvalue weighted by Gasteiger charge is 2.70. The Bertz CT molecular complexity index is 1050. The van der Waals surface area contributed by atoms with Crippen LogP contribution in [0.1, 0.15) is 68.2 Å². The molecular formula is C28H43N5O6. The molecule has 1 aliphatic heterocycles. The summed E-state index contributed by atoms with van der Waals surface area (Å²) in [7, 11) is 0. The van der Waals surface area contributed by atoms with E-state index in [1.54, 1.807) is 32.9 Å². The summed E-state index contributed by atoms with van der Waals surface area (Å²) >= 11 is 0. The molecule has 0 aromatic heterocycles. The van der Waals surface area contributed by atoms with Crippen LogP contribution in [0.25, 0.3) is 0 Å². The molecule has 0 aromatic rings. The second-order valence-corrected chi connectivity index (χ2v) is 13.0. The molecule has 0 aromatic carbocycles. The lowest BCUT2D eigenvalue weighted by molar-refractivity contribution is -0.145. The number of alkyl carbamates (subject to hydrolysis) is 1. The molecule has 3 N–H and O–H groups in total. The number of nitriles is 1. The van der Waals surface area contributed by atoms with E-state index in [9.17, 15) is 24.0 Å². The fourth-order valence-electron chi connectivity index (χ4n) is 5.23. The standard InChI is InChI=1S/C28H43N5O6/c1-10-11-12-17(20(34)23(36)30-14-13-29)31-22(35)19-18-16(28(18,8)9)15-33(19)24(37)21(26(2,3)4)32-25(38)39-27(5,6)7/h10,16-19,21H,1,11-12,14-15H2,2-9H3,(H,30,36)(H,31,35)(H,32,38)/t16-,17?,18-,19?,21-/m1/s1. The summed E-state index contributed by atoms with van der Waals surface area (Å²) in [5.41, 5.74) is -1.65. The molecule has 2 aliphatic rings. The number of ether oxygens (including phenoxy) is 1. The van der Waals surface area contributed by atoms with Gasteiger partial charge in [0.2, 0.25) is 17.6 Å². The summed E-state index contributed by atoms with van der Waals surface area (Å²) in [6.45, 7) is 18.3. The predicted octanol–water partition coefficient (Wildman–Crippen LogP) is 2.07. The fourth-order valence-corrected chi connectivity index (χ4v) is 5.23. The zero-order chi connectivity index (χ0) is 29.9. The van der Waals surface area contributed by atoms with Crippen molar-refractivity contribution in [1.29, 1.82) is 5.26 Å². The highest BCUT2D eigenvalue weighted by Crippen LogP contribution is 2.65. The third kappa shape index (κ3) is 7.58. The first-order valence-corrected chi connectivity index (χ1v) is 13.3. The van der Waals surface area contributed by atoms with Crippen LogP contribution in [0.5, 0.6) is 0 Å². The number of amides is 4. The Balaban J connectivity index is 2.32. The molecule has 2 unspecified atom stereocenters. The highest BCUT2D eigenvalue weighted by molar-refractivity contribution is 6.38. The molecule has 11 nitrogen and oxygen atoms in total. The van der Waals surface area contributed by atoms with Gasteiger partial charge in [-0.15, -0.1) is 6.58 Å². The van der Waals surface area contributed by atoms with Crippen LogP contribution >= 0.6 is 0 Å². The van der Waals surface area contributed by atoms with E-state index in [1.165, 1.54) is 4.90 Å². The van der Waals surface area contributed by atoms with Crippen LogP contribution in [-0.4, -0.2) is 71.3 Å². The SMILES string of the molecule is C=CCCC(NC(=O)C1[C@H]2[C@@H](CN1C(=O)[C@@H](NC(=O)OC(C)(C)C)C(C)(C)C)C2(C)C)C(=O)C(=O)NCC#N. The first-order chi connectivity index (χ1) is 17.9. The van der Waals surface area contributed by atoms with Gasteiger partial charge in [0.25, 0.3) is 5.91 Å². The monoisotopic (exact) mass is 545 g/mol. The summed E-state index contributed by atoms with van der Waals surface area (Å²) in [5, 5.41) is 16.3.